The van der Waals surface area contributed by atoms with E-state index in [0.29, 0.717) is 6.42 Å². The van der Waals surface area contributed by atoms with E-state index >= 15 is 0 Å². The highest BCUT2D eigenvalue weighted by molar-refractivity contribution is 6.31. The molecule has 0 radical (unpaired) electrons. The number of benzene rings is 3. The Kier molecular flexibility index (Phi) is 8.76. The number of halogens is 2. The number of rotatable bonds is 9. The zero-order chi connectivity index (χ0) is 25.5. The van der Waals surface area contributed by atoms with Crippen molar-refractivity contribution in [3.63, 3.8) is 0 Å². The summed E-state index contributed by atoms with van der Waals surface area (Å²) in [5.74, 6) is -1.04. The lowest BCUT2D eigenvalue weighted by Gasteiger charge is -2.33. The Morgan fingerprint density at radius 3 is 2.39 bits per heavy atom. The molecule has 1 fully saturated rings. The Morgan fingerprint density at radius 2 is 1.69 bits per heavy atom. The average Bonchev–Trinajstić information content (AvgIpc) is 3.38. The fourth-order valence-corrected chi connectivity index (χ4v) is 5.08. The molecule has 1 N–H and O–H groups in total. The molecule has 2 amide bonds. The van der Waals surface area contributed by atoms with Crippen molar-refractivity contribution in [2.24, 2.45) is 0 Å². The summed E-state index contributed by atoms with van der Waals surface area (Å²) in [6.07, 6.45) is 4.21. The molecule has 3 aromatic carbocycles. The summed E-state index contributed by atoms with van der Waals surface area (Å²) in [7, 11) is 0. The number of aryl methyl sites for hydroxylation is 1. The molecule has 0 aromatic heterocycles. The highest BCUT2D eigenvalue weighted by atomic mass is 35.5. The van der Waals surface area contributed by atoms with Crippen molar-refractivity contribution in [2.45, 2.75) is 64.1 Å². The molecule has 0 spiro atoms. The van der Waals surface area contributed by atoms with E-state index in [1.54, 1.807) is 11.0 Å². The summed E-state index contributed by atoms with van der Waals surface area (Å²) < 4.78 is 14.6. The molecule has 3 aromatic rings. The Morgan fingerprint density at radius 1 is 1.00 bits per heavy atom. The fourth-order valence-electron chi connectivity index (χ4n) is 4.85. The highest BCUT2D eigenvalue weighted by Gasteiger charge is 2.33. The van der Waals surface area contributed by atoms with Crippen LogP contribution in [-0.4, -0.2) is 28.8 Å². The van der Waals surface area contributed by atoms with Crippen molar-refractivity contribution in [2.75, 3.05) is 0 Å². The van der Waals surface area contributed by atoms with Gasteiger partial charge in [-0.1, -0.05) is 85.1 Å². The smallest absolute Gasteiger partial charge is 0.243 e. The molecule has 1 aliphatic carbocycles. The number of hydrogen-bond acceptors (Lipinski definition) is 2. The molecule has 188 valence electrons. The third-order valence-electron chi connectivity index (χ3n) is 6.96. The maximum atomic E-state index is 14.6. The van der Waals surface area contributed by atoms with Gasteiger partial charge in [-0.05, 0) is 48.6 Å². The molecule has 0 heterocycles. The second kappa shape index (κ2) is 12.2. The molecule has 0 saturated heterocycles. The van der Waals surface area contributed by atoms with Gasteiger partial charge in [0, 0.05) is 29.6 Å². The Bertz CT molecular complexity index is 1170. The minimum Gasteiger partial charge on any atom is -0.352 e. The maximum absolute atomic E-state index is 14.6. The quantitative estimate of drug-likeness (QED) is 0.385. The van der Waals surface area contributed by atoms with E-state index in [1.165, 1.54) is 12.1 Å². The highest BCUT2D eigenvalue weighted by Crippen LogP contribution is 2.24. The predicted octanol–water partition coefficient (Wildman–Crippen LogP) is 6.03. The average molecular weight is 507 g/mol. The van der Waals surface area contributed by atoms with Crippen molar-refractivity contribution in [3.05, 3.63) is 106 Å². The van der Waals surface area contributed by atoms with Crippen LogP contribution in [0.5, 0.6) is 0 Å². The first-order chi connectivity index (χ1) is 17.4. The van der Waals surface area contributed by atoms with Gasteiger partial charge in [-0.2, -0.15) is 0 Å². The molecule has 1 atom stereocenters. The number of amides is 2. The third-order valence-corrected chi connectivity index (χ3v) is 7.32. The summed E-state index contributed by atoms with van der Waals surface area (Å²) in [6.45, 7) is 2.23. The zero-order valence-corrected chi connectivity index (χ0v) is 21.3. The third kappa shape index (κ3) is 6.52. The number of nitrogens with zero attached hydrogens (tertiary/aromatic N) is 1. The van der Waals surface area contributed by atoms with Gasteiger partial charge in [0.05, 0.1) is 6.42 Å². The Labute approximate surface area is 217 Å². The van der Waals surface area contributed by atoms with E-state index in [-0.39, 0.29) is 41.4 Å². The second-order valence-electron chi connectivity index (χ2n) is 9.52. The minimum atomic E-state index is -0.745. The van der Waals surface area contributed by atoms with Crippen LogP contribution < -0.4 is 5.32 Å². The second-order valence-corrected chi connectivity index (χ2v) is 9.93. The van der Waals surface area contributed by atoms with Crippen LogP contribution in [0.1, 0.15) is 47.9 Å². The lowest BCUT2D eigenvalue weighted by molar-refractivity contribution is -0.141. The van der Waals surface area contributed by atoms with Crippen LogP contribution in [0, 0.1) is 12.7 Å². The van der Waals surface area contributed by atoms with Crippen molar-refractivity contribution < 1.29 is 14.0 Å². The molecule has 1 saturated carbocycles. The van der Waals surface area contributed by atoms with Gasteiger partial charge < -0.3 is 10.2 Å². The first kappa shape index (κ1) is 25.9. The van der Waals surface area contributed by atoms with Crippen LogP contribution in [0.2, 0.25) is 5.02 Å². The molecule has 0 aliphatic heterocycles. The zero-order valence-electron chi connectivity index (χ0n) is 20.6. The van der Waals surface area contributed by atoms with Gasteiger partial charge in [-0.3, -0.25) is 9.59 Å². The van der Waals surface area contributed by atoms with Crippen molar-refractivity contribution >= 4 is 23.4 Å². The number of nitrogens with one attached hydrogen (secondary N) is 1. The molecule has 6 heteroatoms. The minimum absolute atomic E-state index is 0.118. The molecular formula is C30H32ClFN2O2. The van der Waals surface area contributed by atoms with E-state index < -0.39 is 11.9 Å². The summed E-state index contributed by atoms with van der Waals surface area (Å²) in [5, 5.41) is 3.39. The first-order valence-corrected chi connectivity index (χ1v) is 12.9. The molecule has 4 nitrogen and oxygen atoms in total. The number of hydrogen-bond donors (Lipinski definition) is 1. The largest absolute Gasteiger partial charge is 0.352 e. The van der Waals surface area contributed by atoms with Gasteiger partial charge in [0.2, 0.25) is 11.8 Å². The van der Waals surface area contributed by atoms with Crippen LogP contribution in [-0.2, 0) is 29.0 Å². The van der Waals surface area contributed by atoms with E-state index in [1.807, 2.05) is 61.5 Å². The maximum Gasteiger partial charge on any atom is 0.243 e. The monoisotopic (exact) mass is 506 g/mol. The van der Waals surface area contributed by atoms with Crippen LogP contribution in [0.15, 0.2) is 72.8 Å². The normalized spacial score (nSPS) is 14.4. The standard InChI is InChI=1S/C30H32ClFN2O2/c1-21-10-5-6-13-23(21)20-34(29(35)19-25-26(31)16-9-17-27(25)32)28(18-22-11-3-2-4-12-22)30(36)33-24-14-7-8-15-24/h2-6,9-13,16-17,24,28H,7-8,14-15,18-20H2,1H3,(H,33,36). The topological polar surface area (TPSA) is 49.4 Å². The van der Waals surface area contributed by atoms with Crippen LogP contribution in [0.4, 0.5) is 4.39 Å². The van der Waals surface area contributed by atoms with Crippen LogP contribution in [0.3, 0.4) is 0 Å². The SMILES string of the molecule is Cc1ccccc1CN(C(=O)Cc1c(F)cccc1Cl)C(Cc1ccccc1)C(=O)NC1CCCC1. The van der Waals surface area contributed by atoms with E-state index in [2.05, 4.69) is 5.32 Å². The summed E-state index contributed by atoms with van der Waals surface area (Å²) in [5.41, 5.74) is 3.07. The lowest BCUT2D eigenvalue weighted by atomic mass is 10.00. The van der Waals surface area contributed by atoms with Gasteiger partial charge >= 0.3 is 0 Å². The fraction of sp³-hybridized carbons (Fsp3) is 0.333. The Balaban J connectivity index is 1.70. The molecule has 36 heavy (non-hydrogen) atoms. The summed E-state index contributed by atoms with van der Waals surface area (Å²) >= 11 is 6.26. The molecule has 1 unspecified atom stereocenters. The first-order valence-electron chi connectivity index (χ1n) is 12.5. The van der Waals surface area contributed by atoms with E-state index in [4.69, 9.17) is 11.6 Å². The molecule has 0 bridgehead atoms. The summed E-state index contributed by atoms with van der Waals surface area (Å²) in [4.78, 5) is 29.1. The van der Waals surface area contributed by atoms with Gasteiger partial charge in [-0.25, -0.2) is 4.39 Å². The van der Waals surface area contributed by atoms with Crippen LogP contribution in [0.25, 0.3) is 0 Å². The van der Waals surface area contributed by atoms with E-state index in [9.17, 15) is 14.0 Å². The van der Waals surface area contributed by atoms with Gasteiger partial charge in [-0.15, -0.1) is 0 Å². The predicted molar refractivity (Wildman–Crippen MR) is 141 cm³/mol. The lowest BCUT2D eigenvalue weighted by Crippen LogP contribution is -2.52. The number of carbonyl (C=O) groups is 2. The van der Waals surface area contributed by atoms with Gasteiger partial charge in [0.1, 0.15) is 11.9 Å². The number of carbonyl (C=O) groups excluding carboxylic acids is 2. The molecule has 4 rings (SSSR count). The van der Waals surface area contributed by atoms with E-state index in [0.717, 1.165) is 42.4 Å². The Hall–Kier alpha value is -3.18. The molecular weight excluding hydrogens is 475 g/mol. The van der Waals surface area contributed by atoms with Crippen molar-refractivity contribution in [1.82, 2.24) is 10.2 Å². The van der Waals surface area contributed by atoms with Gasteiger partial charge in [0.25, 0.3) is 0 Å². The molecule has 1 aliphatic rings. The summed E-state index contributed by atoms with van der Waals surface area (Å²) in [6, 6.07) is 21.3. The van der Waals surface area contributed by atoms with Crippen molar-refractivity contribution in [3.8, 4) is 0 Å². The van der Waals surface area contributed by atoms with Crippen LogP contribution >= 0.6 is 11.6 Å². The van der Waals surface area contributed by atoms with Crippen molar-refractivity contribution in [1.29, 1.82) is 0 Å². The van der Waals surface area contributed by atoms with Gasteiger partial charge in [0.15, 0.2) is 0 Å².